The van der Waals surface area contributed by atoms with Crippen molar-refractivity contribution in [2.75, 3.05) is 0 Å². The number of para-hydroxylation sites is 1. The molecular formula is C30H25BrN2O. The van der Waals surface area contributed by atoms with Crippen molar-refractivity contribution in [2.45, 2.75) is 26.7 Å². The second kappa shape index (κ2) is 7.85. The number of nitrogens with zero attached hydrogens (tertiary/aromatic N) is 1. The lowest BCUT2D eigenvalue weighted by Crippen LogP contribution is -2.28. The standard InChI is InChI=1S/C30H25BrN2O/c1-30(2)17-25-28(26(34)18-30)27(24-16-20-10-6-7-11-23(20)32-24)29(19-8-4-3-5-9-19)33(25)22-14-12-21(31)13-15-22/h3-16,32H,17-18H2,1-2H3. The average molecular weight is 509 g/mol. The maximum Gasteiger partial charge on any atom is 0.165 e. The van der Waals surface area contributed by atoms with Crippen LogP contribution in [0.15, 0.2) is 89.4 Å². The van der Waals surface area contributed by atoms with Gasteiger partial charge in [-0.1, -0.05) is 78.3 Å². The molecule has 6 rings (SSSR count). The van der Waals surface area contributed by atoms with E-state index in [1.807, 2.05) is 18.2 Å². The monoisotopic (exact) mass is 508 g/mol. The largest absolute Gasteiger partial charge is 0.354 e. The van der Waals surface area contributed by atoms with Crippen LogP contribution in [0.2, 0.25) is 0 Å². The van der Waals surface area contributed by atoms with Crippen molar-refractivity contribution in [1.82, 2.24) is 9.55 Å². The number of nitrogens with one attached hydrogen (secondary N) is 1. The molecule has 0 unspecified atom stereocenters. The number of rotatable bonds is 3. The number of carbonyl (C=O) groups excluding carboxylic acids is 1. The molecule has 0 aliphatic heterocycles. The zero-order chi connectivity index (χ0) is 23.4. The van der Waals surface area contributed by atoms with E-state index in [9.17, 15) is 4.79 Å². The molecule has 0 atom stereocenters. The first-order valence-corrected chi connectivity index (χ1v) is 12.4. The molecule has 2 heterocycles. The van der Waals surface area contributed by atoms with Gasteiger partial charge in [0.25, 0.3) is 0 Å². The fraction of sp³-hybridized carbons (Fsp3) is 0.167. The van der Waals surface area contributed by atoms with Crippen LogP contribution in [0.1, 0.15) is 36.3 Å². The fourth-order valence-electron chi connectivity index (χ4n) is 5.34. The van der Waals surface area contributed by atoms with E-state index in [1.54, 1.807) is 0 Å². The van der Waals surface area contributed by atoms with Crippen LogP contribution >= 0.6 is 15.9 Å². The van der Waals surface area contributed by atoms with E-state index in [-0.39, 0.29) is 11.2 Å². The van der Waals surface area contributed by atoms with Crippen LogP contribution in [-0.4, -0.2) is 15.3 Å². The molecule has 5 aromatic rings. The minimum Gasteiger partial charge on any atom is -0.354 e. The number of fused-ring (bicyclic) bond motifs is 2. The highest BCUT2D eigenvalue weighted by Crippen LogP contribution is 2.47. The second-order valence-electron chi connectivity index (χ2n) is 9.93. The molecule has 1 aliphatic rings. The van der Waals surface area contributed by atoms with Gasteiger partial charge in [-0.3, -0.25) is 4.79 Å². The Balaban J connectivity index is 1.76. The van der Waals surface area contributed by atoms with E-state index in [1.165, 1.54) is 0 Å². The number of aromatic amines is 1. The Morgan fingerprint density at radius 1 is 0.853 bits per heavy atom. The minimum atomic E-state index is -0.0960. The first-order valence-electron chi connectivity index (χ1n) is 11.6. The molecule has 3 aromatic carbocycles. The summed E-state index contributed by atoms with van der Waals surface area (Å²) in [5.74, 6) is 0.216. The van der Waals surface area contributed by atoms with E-state index < -0.39 is 0 Å². The molecule has 0 saturated carbocycles. The number of hydrogen-bond donors (Lipinski definition) is 1. The Morgan fingerprint density at radius 2 is 1.56 bits per heavy atom. The normalized spacial score (nSPS) is 15.0. The minimum absolute atomic E-state index is 0.0960. The van der Waals surface area contributed by atoms with Gasteiger partial charge in [-0.05, 0) is 53.8 Å². The molecule has 0 saturated heterocycles. The van der Waals surface area contributed by atoms with Crippen LogP contribution in [0, 0.1) is 5.41 Å². The van der Waals surface area contributed by atoms with Crippen LogP contribution in [-0.2, 0) is 6.42 Å². The number of Topliss-reactive ketones (excluding diaryl/α,β-unsaturated/α-hetero) is 1. The van der Waals surface area contributed by atoms with Gasteiger partial charge in [-0.2, -0.15) is 0 Å². The smallest absolute Gasteiger partial charge is 0.165 e. The van der Waals surface area contributed by atoms with Gasteiger partial charge in [0.05, 0.1) is 5.69 Å². The van der Waals surface area contributed by atoms with Gasteiger partial charge in [0.1, 0.15) is 0 Å². The van der Waals surface area contributed by atoms with Gasteiger partial charge in [0.15, 0.2) is 5.78 Å². The van der Waals surface area contributed by atoms with Gasteiger partial charge in [-0.15, -0.1) is 0 Å². The van der Waals surface area contributed by atoms with E-state index in [0.29, 0.717) is 6.42 Å². The summed E-state index contributed by atoms with van der Waals surface area (Å²) in [6.45, 7) is 4.38. The number of halogens is 1. The first-order chi connectivity index (χ1) is 16.4. The topological polar surface area (TPSA) is 37.8 Å². The van der Waals surface area contributed by atoms with Crippen molar-refractivity contribution in [2.24, 2.45) is 5.41 Å². The third kappa shape index (κ3) is 3.45. The van der Waals surface area contributed by atoms with Gasteiger partial charge in [0.2, 0.25) is 0 Å². The second-order valence-corrected chi connectivity index (χ2v) is 10.9. The van der Waals surface area contributed by atoms with Gasteiger partial charge in [0, 0.05) is 50.0 Å². The molecule has 3 nitrogen and oxygen atoms in total. The van der Waals surface area contributed by atoms with E-state index in [0.717, 1.165) is 61.3 Å². The molecule has 1 N–H and O–H groups in total. The molecule has 0 spiro atoms. The van der Waals surface area contributed by atoms with Crippen LogP contribution < -0.4 is 0 Å². The summed E-state index contributed by atoms with van der Waals surface area (Å²) < 4.78 is 3.35. The van der Waals surface area contributed by atoms with Crippen LogP contribution in [0.5, 0.6) is 0 Å². The average Bonchev–Trinajstić information content (AvgIpc) is 3.38. The van der Waals surface area contributed by atoms with Crippen LogP contribution in [0.25, 0.3) is 39.1 Å². The third-order valence-electron chi connectivity index (χ3n) is 6.76. The van der Waals surface area contributed by atoms with Crippen LogP contribution in [0.3, 0.4) is 0 Å². The number of benzene rings is 3. The lowest BCUT2D eigenvalue weighted by atomic mass is 9.75. The van der Waals surface area contributed by atoms with Crippen molar-refractivity contribution in [3.05, 3.63) is 101 Å². The van der Waals surface area contributed by atoms with Crippen molar-refractivity contribution < 1.29 is 4.79 Å². The Hall–Kier alpha value is -3.37. The maximum absolute atomic E-state index is 13.8. The molecule has 0 radical (unpaired) electrons. The van der Waals surface area contributed by atoms with E-state index >= 15 is 0 Å². The molecule has 34 heavy (non-hydrogen) atoms. The number of aromatic nitrogens is 2. The molecule has 0 bridgehead atoms. The van der Waals surface area contributed by atoms with Crippen molar-refractivity contribution >= 4 is 32.6 Å². The molecule has 2 aromatic heterocycles. The lowest BCUT2D eigenvalue weighted by Gasteiger charge is -2.30. The molecule has 0 amide bonds. The van der Waals surface area contributed by atoms with E-state index in [4.69, 9.17) is 0 Å². The Morgan fingerprint density at radius 3 is 2.29 bits per heavy atom. The molecule has 4 heteroatoms. The molecular weight excluding hydrogens is 484 g/mol. The number of hydrogen-bond acceptors (Lipinski definition) is 1. The SMILES string of the molecule is CC1(C)CC(=O)c2c(-c3cc4ccccc4[nH]3)c(-c3ccccc3)n(-c3ccc(Br)cc3)c2C1. The summed E-state index contributed by atoms with van der Waals surface area (Å²) >= 11 is 3.58. The highest BCUT2D eigenvalue weighted by molar-refractivity contribution is 9.10. The van der Waals surface area contributed by atoms with Gasteiger partial charge >= 0.3 is 0 Å². The summed E-state index contributed by atoms with van der Waals surface area (Å²) in [6.07, 6.45) is 1.38. The number of H-pyrrole nitrogens is 1. The molecule has 0 fully saturated rings. The van der Waals surface area contributed by atoms with E-state index in [2.05, 4.69) is 106 Å². The van der Waals surface area contributed by atoms with Crippen LogP contribution in [0.4, 0.5) is 0 Å². The zero-order valence-corrected chi connectivity index (χ0v) is 20.8. The summed E-state index contributed by atoms with van der Waals surface area (Å²) in [5.41, 5.74) is 8.13. The van der Waals surface area contributed by atoms with Crippen molar-refractivity contribution in [3.8, 4) is 28.2 Å². The Labute approximate surface area is 207 Å². The van der Waals surface area contributed by atoms with Crippen molar-refractivity contribution in [3.63, 3.8) is 0 Å². The summed E-state index contributed by atoms with van der Waals surface area (Å²) in [7, 11) is 0. The summed E-state index contributed by atoms with van der Waals surface area (Å²) in [5, 5.41) is 1.14. The summed E-state index contributed by atoms with van der Waals surface area (Å²) in [6, 6.07) is 29.3. The number of carbonyl (C=O) groups is 1. The highest BCUT2D eigenvalue weighted by Gasteiger charge is 2.38. The Kier molecular flexibility index (Phi) is 4.89. The zero-order valence-electron chi connectivity index (χ0n) is 19.2. The summed E-state index contributed by atoms with van der Waals surface area (Å²) in [4.78, 5) is 17.4. The predicted molar refractivity (Wildman–Crippen MR) is 143 cm³/mol. The molecule has 1 aliphatic carbocycles. The third-order valence-corrected chi connectivity index (χ3v) is 7.29. The molecule has 168 valence electrons. The van der Waals surface area contributed by atoms with Crippen molar-refractivity contribution in [1.29, 1.82) is 0 Å². The lowest BCUT2D eigenvalue weighted by molar-refractivity contribution is 0.0911. The first kappa shape index (κ1) is 21.2. The fourth-order valence-corrected chi connectivity index (χ4v) is 5.61. The van der Waals surface area contributed by atoms with Gasteiger partial charge in [-0.25, -0.2) is 0 Å². The predicted octanol–water partition coefficient (Wildman–Crippen LogP) is 8.21. The quantitative estimate of drug-likeness (QED) is 0.262. The maximum atomic E-state index is 13.8. The highest BCUT2D eigenvalue weighted by atomic mass is 79.9. The van der Waals surface area contributed by atoms with Gasteiger partial charge < -0.3 is 9.55 Å². The Bertz CT molecular complexity index is 1510. The number of ketones is 1.